The Balaban J connectivity index is 1.74. The number of carbonyl (C=O) groups excluding carboxylic acids is 1. The van der Waals surface area contributed by atoms with Gasteiger partial charge < -0.3 is 9.15 Å². The van der Waals surface area contributed by atoms with E-state index in [1.165, 1.54) is 6.08 Å². The van der Waals surface area contributed by atoms with E-state index in [9.17, 15) is 4.79 Å². The van der Waals surface area contributed by atoms with Crippen molar-refractivity contribution in [1.82, 2.24) is 20.6 Å². The molecule has 26 heavy (non-hydrogen) atoms. The van der Waals surface area contributed by atoms with Gasteiger partial charge in [0.1, 0.15) is 24.7 Å². The summed E-state index contributed by atoms with van der Waals surface area (Å²) in [5, 5.41) is 21.0. The van der Waals surface area contributed by atoms with Crippen LogP contribution in [0.3, 0.4) is 0 Å². The highest BCUT2D eigenvalue weighted by molar-refractivity contribution is 6.33. The van der Waals surface area contributed by atoms with Gasteiger partial charge in [0.25, 0.3) is 0 Å². The summed E-state index contributed by atoms with van der Waals surface area (Å²) in [6.45, 7) is 3.81. The minimum atomic E-state index is -0.530. The molecule has 3 aromatic rings. The van der Waals surface area contributed by atoms with Gasteiger partial charge >= 0.3 is 11.9 Å². The molecule has 2 heterocycles. The zero-order chi connectivity index (χ0) is 18.4. The van der Waals surface area contributed by atoms with Gasteiger partial charge in [0, 0.05) is 5.56 Å². The van der Waals surface area contributed by atoms with Crippen molar-refractivity contribution in [3.63, 3.8) is 0 Å². The Morgan fingerprint density at radius 2 is 2.27 bits per heavy atom. The molecule has 0 amide bonds. The summed E-state index contributed by atoms with van der Waals surface area (Å²) in [7, 11) is 0. The van der Waals surface area contributed by atoms with Crippen molar-refractivity contribution in [2.75, 3.05) is 6.61 Å². The Hall–Kier alpha value is -3.33. The van der Waals surface area contributed by atoms with Crippen molar-refractivity contribution in [1.29, 1.82) is 0 Å². The van der Waals surface area contributed by atoms with E-state index in [2.05, 4.69) is 37.4 Å². The van der Waals surface area contributed by atoms with Crippen LogP contribution >= 0.6 is 11.6 Å². The van der Waals surface area contributed by atoms with E-state index in [-0.39, 0.29) is 24.7 Å². The molecule has 0 aliphatic heterocycles. The SMILES string of the molecule is C=CCOC(=O)c1cc(-c2ccc(CN=Nc3nn[nH]n3)o2)ccc1Cl. The fraction of sp³-hybridized carbons (Fsp3) is 0.125. The molecule has 0 bridgehead atoms. The summed E-state index contributed by atoms with van der Waals surface area (Å²) >= 11 is 6.08. The van der Waals surface area contributed by atoms with Gasteiger partial charge in [-0.25, -0.2) is 4.79 Å². The molecular weight excluding hydrogens is 360 g/mol. The van der Waals surface area contributed by atoms with Crippen LogP contribution in [0.5, 0.6) is 0 Å². The number of H-pyrrole nitrogens is 1. The number of halogens is 1. The number of azo groups is 1. The van der Waals surface area contributed by atoms with Crippen molar-refractivity contribution < 1.29 is 13.9 Å². The first-order valence-electron chi connectivity index (χ1n) is 7.45. The van der Waals surface area contributed by atoms with Gasteiger partial charge in [-0.05, 0) is 35.5 Å². The van der Waals surface area contributed by atoms with Crippen LogP contribution in [-0.2, 0) is 11.3 Å². The van der Waals surface area contributed by atoms with E-state index in [0.29, 0.717) is 22.1 Å². The topological polar surface area (TPSA) is 119 Å². The van der Waals surface area contributed by atoms with Gasteiger partial charge in [-0.1, -0.05) is 29.4 Å². The van der Waals surface area contributed by atoms with E-state index in [1.54, 1.807) is 30.3 Å². The number of nitrogens with zero attached hydrogens (tertiary/aromatic N) is 5. The molecule has 0 aliphatic rings. The predicted octanol–water partition coefficient (Wildman–Crippen LogP) is 3.74. The molecule has 0 unspecified atom stereocenters. The predicted molar refractivity (Wildman–Crippen MR) is 92.0 cm³/mol. The lowest BCUT2D eigenvalue weighted by atomic mass is 10.1. The molecule has 132 valence electrons. The van der Waals surface area contributed by atoms with Crippen molar-refractivity contribution in [2.45, 2.75) is 6.54 Å². The smallest absolute Gasteiger partial charge is 0.339 e. The van der Waals surface area contributed by atoms with Gasteiger partial charge in [-0.3, -0.25) is 0 Å². The number of ether oxygens (including phenoxy) is 1. The van der Waals surface area contributed by atoms with Crippen molar-refractivity contribution in [3.8, 4) is 11.3 Å². The number of aromatic nitrogens is 4. The minimum absolute atomic E-state index is 0.107. The van der Waals surface area contributed by atoms with Gasteiger partial charge in [0.2, 0.25) is 0 Å². The number of benzene rings is 1. The maximum absolute atomic E-state index is 12.0. The molecular formula is C16H13ClN6O3. The molecule has 3 rings (SSSR count). The lowest BCUT2D eigenvalue weighted by Crippen LogP contribution is -2.05. The van der Waals surface area contributed by atoms with Crippen LogP contribution in [-0.4, -0.2) is 33.2 Å². The summed E-state index contributed by atoms with van der Waals surface area (Å²) in [6.07, 6.45) is 1.48. The van der Waals surface area contributed by atoms with Gasteiger partial charge in [-0.2, -0.15) is 10.3 Å². The number of rotatable bonds is 7. The molecule has 0 spiro atoms. The van der Waals surface area contributed by atoms with Crippen LogP contribution in [0, 0.1) is 0 Å². The summed E-state index contributed by atoms with van der Waals surface area (Å²) in [5.41, 5.74) is 0.932. The highest BCUT2D eigenvalue weighted by atomic mass is 35.5. The number of hydrogen-bond donors (Lipinski definition) is 1. The highest BCUT2D eigenvalue weighted by Gasteiger charge is 2.14. The van der Waals surface area contributed by atoms with Crippen LogP contribution in [0.4, 0.5) is 5.95 Å². The Morgan fingerprint density at radius 1 is 1.38 bits per heavy atom. The number of hydrogen-bond acceptors (Lipinski definition) is 8. The second kappa shape index (κ2) is 8.17. The van der Waals surface area contributed by atoms with Gasteiger partial charge in [0.05, 0.1) is 10.6 Å². The maximum Gasteiger partial charge on any atom is 0.339 e. The van der Waals surface area contributed by atoms with E-state index < -0.39 is 5.97 Å². The van der Waals surface area contributed by atoms with E-state index in [1.807, 2.05) is 0 Å². The van der Waals surface area contributed by atoms with Crippen molar-refractivity contribution in [2.24, 2.45) is 10.2 Å². The number of furan rings is 1. The number of carbonyl (C=O) groups is 1. The minimum Gasteiger partial charge on any atom is -0.459 e. The van der Waals surface area contributed by atoms with Gasteiger partial charge in [-0.15, -0.1) is 10.2 Å². The van der Waals surface area contributed by atoms with Crippen LogP contribution in [0.1, 0.15) is 16.1 Å². The number of nitrogens with one attached hydrogen (secondary N) is 1. The second-order valence-corrected chi connectivity index (χ2v) is 5.37. The molecule has 9 nitrogen and oxygen atoms in total. The number of aromatic amines is 1. The molecule has 0 fully saturated rings. The molecule has 1 aromatic carbocycles. The first-order chi connectivity index (χ1) is 12.7. The third kappa shape index (κ3) is 4.19. The fourth-order valence-electron chi connectivity index (χ4n) is 2.03. The molecule has 0 saturated heterocycles. The highest BCUT2D eigenvalue weighted by Crippen LogP contribution is 2.27. The van der Waals surface area contributed by atoms with Gasteiger partial charge in [0.15, 0.2) is 0 Å². The van der Waals surface area contributed by atoms with Crippen LogP contribution in [0.15, 0.2) is 57.6 Å². The zero-order valence-corrected chi connectivity index (χ0v) is 14.2. The Labute approximate surface area is 152 Å². The zero-order valence-electron chi connectivity index (χ0n) is 13.4. The number of tetrazole rings is 1. The van der Waals surface area contributed by atoms with E-state index >= 15 is 0 Å². The van der Waals surface area contributed by atoms with E-state index in [0.717, 1.165) is 0 Å². The lowest BCUT2D eigenvalue weighted by Gasteiger charge is -2.06. The molecule has 0 aliphatic carbocycles. The Morgan fingerprint density at radius 3 is 3.04 bits per heavy atom. The van der Waals surface area contributed by atoms with Crippen LogP contribution < -0.4 is 0 Å². The fourth-order valence-corrected chi connectivity index (χ4v) is 2.23. The average molecular weight is 373 g/mol. The normalized spacial score (nSPS) is 11.0. The number of esters is 1. The quantitative estimate of drug-likeness (QED) is 0.383. The summed E-state index contributed by atoms with van der Waals surface area (Å²) < 4.78 is 10.7. The third-order valence-electron chi connectivity index (χ3n) is 3.19. The molecule has 0 saturated carbocycles. The largest absolute Gasteiger partial charge is 0.459 e. The molecule has 0 radical (unpaired) electrons. The summed E-state index contributed by atoms with van der Waals surface area (Å²) in [6, 6.07) is 8.49. The molecule has 10 heteroatoms. The first kappa shape index (κ1) is 17.5. The maximum atomic E-state index is 12.0. The van der Waals surface area contributed by atoms with Crippen molar-refractivity contribution >= 4 is 23.5 Å². The van der Waals surface area contributed by atoms with Crippen LogP contribution in [0.2, 0.25) is 5.02 Å². The standard InChI is InChI=1S/C16H13ClN6O3/c1-2-7-25-15(24)12-8-10(3-5-13(12)17)14-6-4-11(26-14)9-18-19-16-20-22-23-21-16/h2-6,8H,1,7,9H2,(H,20,21,22,23). The Kier molecular flexibility index (Phi) is 5.49. The Bertz CT molecular complexity index is 935. The van der Waals surface area contributed by atoms with Crippen LogP contribution in [0.25, 0.3) is 11.3 Å². The molecule has 1 N–H and O–H groups in total. The first-order valence-corrected chi connectivity index (χ1v) is 7.83. The second-order valence-electron chi connectivity index (χ2n) is 4.96. The average Bonchev–Trinajstić information content (AvgIpc) is 3.32. The summed E-state index contributed by atoms with van der Waals surface area (Å²) in [5.74, 6) is 0.747. The van der Waals surface area contributed by atoms with Crippen molar-refractivity contribution in [3.05, 3.63) is 59.3 Å². The monoisotopic (exact) mass is 372 g/mol. The summed E-state index contributed by atoms with van der Waals surface area (Å²) in [4.78, 5) is 12.0. The van der Waals surface area contributed by atoms with E-state index in [4.69, 9.17) is 20.8 Å². The lowest BCUT2D eigenvalue weighted by molar-refractivity contribution is 0.0550. The molecule has 0 atom stereocenters. The molecule has 2 aromatic heterocycles. The third-order valence-corrected chi connectivity index (χ3v) is 3.52.